The predicted octanol–water partition coefficient (Wildman–Crippen LogP) is 3.63. The highest BCUT2D eigenvalue weighted by Gasteiger charge is 2.25. The molecule has 1 aliphatic heterocycles. The highest BCUT2D eigenvalue weighted by Crippen LogP contribution is 2.25. The summed E-state index contributed by atoms with van der Waals surface area (Å²) in [5.41, 5.74) is 3.11. The van der Waals surface area contributed by atoms with Crippen LogP contribution in [-0.2, 0) is 7.05 Å². The number of hydrogen-bond acceptors (Lipinski definition) is 3. The van der Waals surface area contributed by atoms with Gasteiger partial charge in [-0.05, 0) is 55.3 Å². The van der Waals surface area contributed by atoms with E-state index in [1.165, 1.54) is 17.8 Å². The van der Waals surface area contributed by atoms with E-state index in [0.29, 0.717) is 17.9 Å². The Hall–Kier alpha value is -3.15. The fourth-order valence-electron chi connectivity index (χ4n) is 3.75. The number of nitrogens with one attached hydrogen (secondary N) is 1. The topological polar surface area (TPSA) is 50.2 Å². The van der Waals surface area contributed by atoms with Crippen molar-refractivity contribution in [3.8, 4) is 11.3 Å². The van der Waals surface area contributed by atoms with Crippen molar-refractivity contribution in [2.45, 2.75) is 18.9 Å². The van der Waals surface area contributed by atoms with Crippen molar-refractivity contribution in [3.05, 3.63) is 72.2 Å². The molecule has 4 rings (SSSR count). The standard InChI is InChI=1S/C22H23FN4O/c1-26-21(14-20(25-26)16-9-11-17(23)12-10-16)22(28)24-15-19-8-5-13-27(19)18-6-3-2-4-7-18/h2-4,6-7,9-12,14,19H,5,8,13,15H2,1H3,(H,24,28)/t19-/m0/s1. The Bertz CT molecular complexity index is 952. The van der Waals surface area contributed by atoms with E-state index in [1.54, 1.807) is 29.9 Å². The number of hydrogen-bond donors (Lipinski definition) is 1. The number of amides is 1. The summed E-state index contributed by atoms with van der Waals surface area (Å²) in [5.74, 6) is -0.444. The van der Waals surface area contributed by atoms with Gasteiger partial charge in [0.25, 0.3) is 5.91 Å². The van der Waals surface area contributed by atoms with E-state index >= 15 is 0 Å². The molecule has 1 amide bonds. The molecule has 0 spiro atoms. The van der Waals surface area contributed by atoms with E-state index in [0.717, 1.165) is 24.9 Å². The second-order valence-corrected chi connectivity index (χ2v) is 7.08. The highest BCUT2D eigenvalue weighted by molar-refractivity contribution is 5.93. The van der Waals surface area contributed by atoms with Crippen LogP contribution < -0.4 is 10.2 Å². The number of benzene rings is 2. The fourth-order valence-corrected chi connectivity index (χ4v) is 3.75. The van der Waals surface area contributed by atoms with E-state index in [9.17, 15) is 9.18 Å². The first kappa shape index (κ1) is 18.2. The number of carbonyl (C=O) groups is 1. The summed E-state index contributed by atoms with van der Waals surface area (Å²) in [6.45, 7) is 1.59. The number of anilines is 1. The molecule has 0 saturated carbocycles. The van der Waals surface area contributed by atoms with Gasteiger partial charge in [0.05, 0.1) is 5.69 Å². The molecule has 28 heavy (non-hydrogen) atoms. The van der Waals surface area contributed by atoms with Crippen LogP contribution in [0.3, 0.4) is 0 Å². The van der Waals surface area contributed by atoms with Crippen LogP contribution in [-0.4, -0.2) is 34.8 Å². The van der Waals surface area contributed by atoms with Gasteiger partial charge in [0, 0.05) is 37.4 Å². The van der Waals surface area contributed by atoms with E-state index in [2.05, 4.69) is 27.4 Å². The van der Waals surface area contributed by atoms with Crippen molar-refractivity contribution in [2.24, 2.45) is 7.05 Å². The molecule has 5 nitrogen and oxygen atoms in total. The van der Waals surface area contributed by atoms with Gasteiger partial charge in [-0.15, -0.1) is 0 Å². The Morgan fingerprint density at radius 3 is 2.68 bits per heavy atom. The quantitative estimate of drug-likeness (QED) is 0.738. The first-order valence-electron chi connectivity index (χ1n) is 9.52. The summed E-state index contributed by atoms with van der Waals surface area (Å²) in [7, 11) is 1.74. The maximum absolute atomic E-state index is 13.1. The van der Waals surface area contributed by atoms with Crippen LogP contribution in [0.1, 0.15) is 23.3 Å². The summed E-state index contributed by atoms with van der Waals surface area (Å²) >= 11 is 0. The molecular formula is C22H23FN4O. The van der Waals surface area contributed by atoms with Crippen molar-refractivity contribution in [2.75, 3.05) is 18.0 Å². The van der Waals surface area contributed by atoms with Crippen LogP contribution in [0.5, 0.6) is 0 Å². The lowest BCUT2D eigenvalue weighted by Gasteiger charge is -2.27. The number of rotatable bonds is 5. The second-order valence-electron chi connectivity index (χ2n) is 7.08. The molecule has 1 atom stereocenters. The average molecular weight is 378 g/mol. The van der Waals surface area contributed by atoms with Crippen LogP contribution in [0.2, 0.25) is 0 Å². The molecule has 2 aromatic carbocycles. The Kier molecular flexibility index (Phi) is 5.10. The zero-order chi connectivity index (χ0) is 19.5. The molecule has 1 fully saturated rings. The third-order valence-corrected chi connectivity index (χ3v) is 5.22. The summed E-state index contributed by atoms with van der Waals surface area (Å²) < 4.78 is 14.7. The first-order chi connectivity index (χ1) is 13.6. The van der Waals surface area contributed by atoms with Crippen LogP contribution in [0.4, 0.5) is 10.1 Å². The van der Waals surface area contributed by atoms with Crippen molar-refractivity contribution >= 4 is 11.6 Å². The maximum atomic E-state index is 13.1. The Morgan fingerprint density at radius 2 is 1.93 bits per heavy atom. The van der Waals surface area contributed by atoms with Crippen molar-refractivity contribution in [3.63, 3.8) is 0 Å². The molecule has 0 unspecified atom stereocenters. The predicted molar refractivity (Wildman–Crippen MR) is 108 cm³/mol. The molecule has 1 N–H and O–H groups in total. The van der Waals surface area contributed by atoms with Gasteiger partial charge >= 0.3 is 0 Å². The van der Waals surface area contributed by atoms with Gasteiger partial charge in [-0.25, -0.2) is 4.39 Å². The van der Waals surface area contributed by atoms with Crippen molar-refractivity contribution in [1.29, 1.82) is 0 Å². The number of para-hydroxylation sites is 1. The molecular weight excluding hydrogens is 355 g/mol. The lowest BCUT2D eigenvalue weighted by molar-refractivity contribution is 0.0942. The number of aryl methyl sites for hydroxylation is 1. The van der Waals surface area contributed by atoms with Crippen LogP contribution >= 0.6 is 0 Å². The highest BCUT2D eigenvalue weighted by atomic mass is 19.1. The lowest BCUT2D eigenvalue weighted by atomic mass is 10.1. The number of aromatic nitrogens is 2. The molecule has 3 aromatic rings. The molecule has 0 aliphatic carbocycles. The Morgan fingerprint density at radius 1 is 1.18 bits per heavy atom. The van der Waals surface area contributed by atoms with Gasteiger partial charge in [-0.3, -0.25) is 9.48 Å². The smallest absolute Gasteiger partial charge is 0.269 e. The van der Waals surface area contributed by atoms with Gasteiger partial charge < -0.3 is 10.2 Å². The minimum atomic E-state index is -0.294. The van der Waals surface area contributed by atoms with Gasteiger partial charge in [0.1, 0.15) is 11.5 Å². The molecule has 144 valence electrons. The minimum absolute atomic E-state index is 0.150. The number of nitrogens with zero attached hydrogens (tertiary/aromatic N) is 3. The third kappa shape index (κ3) is 3.76. The van der Waals surface area contributed by atoms with Gasteiger partial charge in [0.15, 0.2) is 0 Å². The van der Waals surface area contributed by atoms with Crippen molar-refractivity contribution in [1.82, 2.24) is 15.1 Å². The molecule has 1 aliphatic rings. The third-order valence-electron chi connectivity index (χ3n) is 5.22. The van der Waals surface area contributed by atoms with E-state index in [1.807, 2.05) is 18.2 Å². The van der Waals surface area contributed by atoms with E-state index in [-0.39, 0.29) is 17.8 Å². The van der Waals surface area contributed by atoms with Gasteiger partial charge in [-0.2, -0.15) is 5.10 Å². The summed E-state index contributed by atoms with van der Waals surface area (Å²) in [4.78, 5) is 15.1. The molecule has 2 heterocycles. The molecule has 1 saturated heterocycles. The van der Waals surface area contributed by atoms with E-state index < -0.39 is 0 Å². The Labute approximate surface area is 163 Å². The van der Waals surface area contributed by atoms with Crippen LogP contribution in [0.15, 0.2) is 60.7 Å². The number of halogens is 1. The largest absolute Gasteiger partial charge is 0.367 e. The summed E-state index contributed by atoms with van der Waals surface area (Å²) in [5, 5.41) is 7.45. The zero-order valence-electron chi connectivity index (χ0n) is 15.8. The van der Waals surface area contributed by atoms with Gasteiger partial charge in [0.2, 0.25) is 0 Å². The summed E-state index contributed by atoms with van der Waals surface area (Å²) in [6.07, 6.45) is 2.18. The zero-order valence-corrected chi connectivity index (χ0v) is 15.8. The van der Waals surface area contributed by atoms with Crippen LogP contribution in [0.25, 0.3) is 11.3 Å². The number of carbonyl (C=O) groups excluding carboxylic acids is 1. The van der Waals surface area contributed by atoms with Crippen molar-refractivity contribution < 1.29 is 9.18 Å². The molecule has 0 radical (unpaired) electrons. The SMILES string of the molecule is Cn1nc(-c2ccc(F)cc2)cc1C(=O)NC[C@@H]1CCCN1c1ccccc1. The Balaban J connectivity index is 1.43. The van der Waals surface area contributed by atoms with Gasteiger partial charge in [-0.1, -0.05) is 18.2 Å². The van der Waals surface area contributed by atoms with Crippen LogP contribution in [0, 0.1) is 5.82 Å². The minimum Gasteiger partial charge on any atom is -0.367 e. The molecule has 1 aromatic heterocycles. The fraction of sp³-hybridized carbons (Fsp3) is 0.273. The molecule has 0 bridgehead atoms. The maximum Gasteiger partial charge on any atom is 0.269 e. The second kappa shape index (κ2) is 7.84. The first-order valence-corrected chi connectivity index (χ1v) is 9.52. The monoisotopic (exact) mass is 378 g/mol. The van der Waals surface area contributed by atoms with E-state index in [4.69, 9.17) is 0 Å². The normalized spacial score (nSPS) is 16.4. The molecule has 6 heteroatoms. The average Bonchev–Trinajstić information content (AvgIpc) is 3.34. The lowest BCUT2D eigenvalue weighted by Crippen LogP contribution is -2.40. The summed E-state index contributed by atoms with van der Waals surface area (Å²) in [6, 6.07) is 18.4.